The second kappa shape index (κ2) is 3.60. The highest BCUT2D eigenvalue weighted by molar-refractivity contribution is 7.99. The van der Waals surface area contributed by atoms with Crippen LogP contribution in [-0.4, -0.2) is 22.6 Å². The highest BCUT2D eigenvalue weighted by atomic mass is 32.2. The van der Waals surface area contributed by atoms with Crippen molar-refractivity contribution >= 4 is 17.7 Å². The molecule has 1 rings (SSSR count). The highest BCUT2D eigenvalue weighted by Crippen LogP contribution is 2.51. The SMILES string of the molecule is O=C(O)CC1(CSC(F)F)CC1. The molecular formula is C7H10F2O2S. The highest BCUT2D eigenvalue weighted by Gasteiger charge is 2.44. The summed E-state index contributed by atoms with van der Waals surface area (Å²) < 4.78 is 23.5. The van der Waals surface area contributed by atoms with E-state index >= 15 is 0 Å². The van der Waals surface area contributed by atoms with E-state index < -0.39 is 11.7 Å². The van der Waals surface area contributed by atoms with E-state index in [4.69, 9.17) is 5.11 Å². The number of hydrogen-bond acceptors (Lipinski definition) is 2. The van der Waals surface area contributed by atoms with Gasteiger partial charge in [-0.3, -0.25) is 4.79 Å². The lowest BCUT2D eigenvalue weighted by molar-refractivity contribution is -0.138. The van der Waals surface area contributed by atoms with Gasteiger partial charge in [0.25, 0.3) is 5.76 Å². The van der Waals surface area contributed by atoms with Crippen LogP contribution in [0.15, 0.2) is 0 Å². The number of rotatable bonds is 5. The maximum absolute atomic E-state index is 11.7. The van der Waals surface area contributed by atoms with Crippen LogP contribution in [0.5, 0.6) is 0 Å². The van der Waals surface area contributed by atoms with Crippen LogP contribution in [0.3, 0.4) is 0 Å². The molecule has 1 aliphatic rings. The largest absolute Gasteiger partial charge is 0.481 e. The predicted octanol–water partition coefficient (Wildman–Crippen LogP) is 2.20. The fourth-order valence-corrected chi connectivity index (χ4v) is 1.98. The van der Waals surface area contributed by atoms with Crippen molar-refractivity contribution < 1.29 is 18.7 Å². The minimum absolute atomic E-state index is 0.0344. The topological polar surface area (TPSA) is 37.3 Å². The van der Waals surface area contributed by atoms with Gasteiger partial charge in [0.15, 0.2) is 0 Å². The summed E-state index contributed by atoms with van der Waals surface area (Å²) in [6.45, 7) is 0. The van der Waals surface area contributed by atoms with Gasteiger partial charge in [0.2, 0.25) is 0 Å². The van der Waals surface area contributed by atoms with E-state index in [0.29, 0.717) is 11.8 Å². The van der Waals surface area contributed by atoms with Crippen LogP contribution in [0.25, 0.3) is 0 Å². The van der Waals surface area contributed by atoms with Gasteiger partial charge in [0, 0.05) is 5.75 Å². The van der Waals surface area contributed by atoms with Crippen LogP contribution < -0.4 is 0 Å². The molecule has 5 heteroatoms. The number of carboxylic acids is 1. The number of thioether (sulfide) groups is 1. The number of hydrogen-bond donors (Lipinski definition) is 1. The molecule has 0 amide bonds. The first kappa shape index (κ1) is 9.77. The molecule has 12 heavy (non-hydrogen) atoms. The van der Waals surface area contributed by atoms with Crippen molar-refractivity contribution in [1.82, 2.24) is 0 Å². The van der Waals surface area contributed by atoms with Gasteiger partial charge in [-0.05, 0) is 18.3 Å². The molecule has 0 saturated heterocycles. The first-order chi connectivity index (χ1) is 5.54. The number of carbonyl (C=O) groups is 1. The third-order valence-corrected chi connectivity index (χ3v) is 3.03. The molecule has 0 aliphatic heterocycles. The fraction of sp³-hybridized carbons (Fsp3) is 0.857. The Bertz CT molecular complexity index is 180. The van der Waals surface area contributed by atoms with Crippen LogP contribution in [0.1, 0.15) is 19.3 Å². The van der Waals surface area contributed by atoms with E-state index in [9.17, 15) is 13.6 Å². The molecule has 2 nitrogen and oxygen atoms in total. The molecule has 1 fully saturated rings. The van der Waals surface area contributed by atoms with Crippen LogP contribution >= 0.6 is 11.8 Å². The summed E-state index contributed by atoms with van der Waals surface area (Å²) in [6, 6.07) is 0. The third-order valence-electron chi connectivity index (χ3n) is 2.00. The number of carboxylic acid groups (broad SMARTS) is 1. The Morgan fingerprint density at radius 3 is 2.50 bits per heavy atom. The normalized spacial score (nSPS) is 19.6. The lowest BCUT2D eigenvalue weighted by atomic mass is 10.1. The van der Waals surface area contributed by atoms with Crippen LogP contribution in [0.2, 0.25) is 0 Å². The van der Waals surface area contributed by atoms with Crippen LogP contribution in [-0.2, 0) is 4.79 Å². The number of alkyl halides is 2. The molecule has 0 aromatic carbocycles. The van der Waals surface area contributed by atoms with Gasteiger partial charge in [-0.1, -0.05) is 11.8 Å². The zero-order valence-electron chi connectivity index (χ0n) is 6.43. The average molecular weight is 196 g/mol. The van der Waals surface area contributed by atoms with Crippen molar-refractivity contribution in [2.75, 3.05) is 5.75 Å². The first-order valence-electron chi connectivity index (χ1n) is 3.66. The molecule has 0 spiro atoms. The van der Waals surface area contributed by atoms with Crippen molar-refractivity contribution in [3.8, 4) is 0 Å². The van der Waals surface area contributed by atoms with Crippen molar-refractivity contribution in [2.24, 2.45) is 5.41 Å². The first-order valence-corrected chi connectivity index (χ1v) is 4.71. The third kappa shape index (κ3) is 2.97. The second-order valence-corrected chi connectivity index (χ2v) is 4.12. The smallest absolute Gasteiger partial charge is 0.303 e. The molecule has 0 aromatic rings. The average Bonchev–Trinajstić information content (AvgIpc) is 2.64. The molecule has 0 aromatic heterocycles. The Balaban J connectivity index is 2.25. The summed E-state index contributed by atoms with van der Waals surface area (Å²) in [4.78, 5) is 10.3. The predicted molar refractivity (Wildman–Crippen MR) is 42.4 cm³/mol. The Kier molecular flexibility index (Phi) is 2.93. The Morgan fingerprint density at radius 2 is 2.17 bits per heavy atom. The molecule has 0 atom stereocenters. The van der Waals surface area contributed by atoms with Crippen LogP contribution in [0.4, 0.5) is 8.78 Å². The molecule has 1 aliphatic carbocycles. The summed E-state index contributed by atoms with van der Waals surface area (Å²) >= 11 is 0.546. The standard InChI is InChI=1S/C7H10F2O2S/c8-6(9)12-4-7(1-2-7)3-5(10)11/h6H,1-4H2,(H,10,11). The van der Waals surface area contributed by atoms with Gasteiger partial charge in [-0.2, -0.15) is 8.78 Å². The van der Waals surface area contributed by atoms with Gasteiger partial charge in [0.05, 0.1) is 6.42 Å². The summed E-state index contributed by atoms with van der Waals surface area (Å²) in [5.41, 5.74) is -0.313. The molecule has 1 N–H and O–H groups in total. The van der Waals surface area contributed by atoms with E-state index in [-0.39, 0.29) is 17.6 Å². The van der Waals surface area contributed by atoms with Crippen molar-refractivity contribution in [3.05, 3.63) is 0 Å². The fourth-order valence-electron chi connectivity index (χ4n) is 1.11. The quantitative estimate of drug-likeness (QED) is 0.732. The monoisotopic (exact) mass is 196 g/mol. The molecule has 0 unspecified atom stereocenters. The maximum atomic E-state index is 11.7. The molecule has 70 valence electrons. The van der Waals surface area contributed by atoms with E-state index in [1.807, 2.05) is 0 Å². The maximum Gasteiger partial charge on any atom is 0.303 e. The zero-order chi connectivity index (χ0) is 9.19. The van der Waals surface area contributed by atoms with E-state index in [1.54, 1.807) is 0 Å². The van der Waals surface area contributed by atoms with Gasteiger partial charge in [-0.25, -0.2) is 0 Å². The molecular weight excluding hydrogens is 186 g/mol. The minimum Gasteiger partial charge on any atom is -0.481 e. The summed E-state index contributed by atoms with van der Waals surface area (Å²) in [5, 5.41) is 8.46. The Hall–Kier alpha value is -0.320. The Morgan fingerprint density at radius 1 is 1.58 bits per heavy atom. The van der Waals surface area contributed by atoms with Crippen molar-refractivity contribution in [2.45, 2.75) is 25.0 Å². The van der Waals surface area contributed by atoms with E-state index in [2.05, 4.69) is 0 Å². The molecule has 0 heterocycles. The second-order valence-electron chi connectivity index (χ2n) is 3.14. The van der Waals surface area contributed by atoms with E-state index in [0.717, 1.165) is 12.8 Å². The molecule has 0 radical (unpaired) electrons. The van der Waals surface area contributed by atoms with E-state index in [1.165, 1.54) is 0 Å². The Labute approximate surface area is 73.3 Å². The van der Waals surface area contributed by atoms with Gasteiger partial charge in [0.1, 0.15) is 0 Å². The lowest BCUT2D eigenvalue weighted by Crippen LogP contribution is -2.11. The molecule has 1 saturated carbocycles. The zero-order valence-corrected chi connectivity index (χ0v) is 7.24. The van der Waals surface area contributed by atoms with Crippen molar-refractivity contribution in [3.63, 3.8) is 0 Å². The lowest BCUT2D eigenvalue weighted by Gasteiger charge is -2.10. The van der Waals surface area contributed by atoms with Crippen molar-refractivity contribution in [1.29, 1.82) is 0 Å². The van der Waals surface area contributed by atoms with Gasteiger partial charge < -0.3 is 5.11 Å². The number of halogens is 2. The summed E-state index contributed by atoms with van der Waals surface area (Å²) in [7, 11) is 0. The summed E-state index contributed by atoms with van der Waals surface area (Å²) in [5.74, 6) is -2.99. The van der Waals surface area contributed by atoms with Gasteiger partial charge in [-0.15, -0.1) is 0 Å². The van der Waals surface area contributed by atoms with Gasteiger partial charge >= 0.3 is 5.97 Å². The summed E-state index contributed by atoms with van der Waals surface area (Å²) in [6.07, 6.45) is 1.59. The molecule has 0 bridgehead atoms. The minimum atomic E-state index is -2.38. The van der Waals surface area contributed by atoms with Crippen LogP contribution in [0, 0.1) is 5.41 Å². The number of aliphatic carboxylic acids is 1.